The predicted octanol–water partition coefficient (Wildman–Crippen LogP) is 3.62. The molecule has 0 bridgehead atoms. The molecular weight excluding hydrogens is 477 g/mol. The van der Waals surface area contributed by atoms with Crippen molar-refractivity contribution in [3.8, 4) is 5.88 Å². The summed E-state index contributed by atoms with van der Waals surface area (Å²) in [5.74, 6) is 3.22. The molecule has 1 aromatic rings. The summed E-state index contributed by atoms with van der Waals surface area (Å²) in [5.41, 5.74) is 1.15. The smallest absolute Gasteiger partial charge is 0.213 e. The second kappa shape index (κ2) is 12.6. The summed E-state index contributed by atoms with van der Waals surface area (Å²) >= 11 is 0. The van der Waals surface area contributed by atoms with Crippen LogP contribution in [0.3, 0.4) is 0 Å². The molecule has 164 valence electrons. The van der Waals surface area contributed by atoms with E-state index in [2.05, 4.69) is 40.9 Å². The molecule has 2 aliphatic rings. The van der Waals surface area contributed by atoms with Crippen LogP contribution in [0.5, 0.6) is 5.88 Å². The van der Waals surface area contributed by atoms with E-state index < -0.39 is 0 Å². The van der Waals surface area contributed by atoms with E-state index in [1.54, 1.807) is 0 Å². The van der Waals surface area contributed by atoms with Gasteiger partial charge in [-0.25, -0.2) is 9.98 Å². The number of pyridine rings is 1. The highest BCUT2D eigenvalue weighted by atomic mass is 127. The maximum Gasteiger partial charge on any atom is 0.213 e. The van der Waals surface area contributed by atoms with Gasteiger partial charge in [0.2, 0.25) is 5.88 Å². The zero-order valence-electron chi connectivity index (χ0n) is 18.3. The monoisotopic (exact) mass is 515 g/mol. The topological polar surface area (TPSA) is 53.0 Å². The van der Waals surface area contributed by atoms with Gasteiger partial charge in [-0.15, -0.1) is 24.0 Å². The van der Waals surface area contributed by atoms with Crippen molar-refractivity contribution in [1.82, 2.24) is 20.1 Å². The Kier molecular flexibility index (Phi) is 10.5. The highest BCUT2D eigenvalue weighted by Gasteiger charge is 2.26. The van der Waals surface area contributed by atoms with Crippen LogP contribution in [-0.2, 0) is 6.54 Å². The molecule has 1 aromatic heterocycles. The van der Waals surface area contributed by atoms with Gasteiger partial charge in [0, 0.05) is 38.4 Å². The first-order valence-corrected chi connectivity index (χ1v) is 11.0. The SMILES string of the molecule is CCNC(=NCc1ccnc(OCC2CC2)c1)N1CCC(CN(CC)CC)C1.I. The number of nitrogens with one attached hydrogen (secondary N) is 1. The third-order valence-corrected chi connectivity index (χ3v) is 5.71. The largest absolute Gasteiger partial charge is 0.477 e. The fourth-order valence-electron chi connectivity index (χ4n) is 3.73. The fraction of sp³-hybridized carbons (Fsp3) is 0.727. The summed E-state index contributed by atoms with van der Waals surface area (Å²) in [6.45, 7) is 14.6. The predicted molar refractivity (Wildman–Crippen MR) is 130 cm³/mol. The number of guanidine groups is 1. The van der Waals surface area contributed by atoms with E-state index in [1.165, 1.54) is 25.8 Å². The molecule has 7 heteroatoms. The number of aliphatic imine (C=N–C) groups is 1. The molecule has 1 atom stereocenters. The van der Waals surface area contributed by atoms with Gasteiger partial charge in [-0.1, -0.05) is 13.8 Å². The first-order chi connectivity index (χ1) is 13.7. The van der Waals surface area contributed by atoms with Crippen molar-refractivity contribution in [2.24, 2.45) is 16.8 Å². The zero-order chi connectivity index (χ0) is 19.8. The number of hydrogen-bond donors (Lipinski definition) is 1. The number of likely N-dealkylation sites (tertiary alicyclic amines) is 1. The summed E-state index contributed by atoms with van der Waals surface area (Å²) in [6, 6.07) is 4.06. The van der Waals surface area contributed by atoms with E-state index in [-0.39, 0.29) is 24.0 Å². The van der Waals surface area contributed by atoms with E-state index in [4.69, 9.17) is 9.73 Å². The summed E-state index contributed by atoms with van der Waals surface area (Å²) in [7, 11) is 0. The van der Waals surface area contributed by atoms with Gasteiger partial charge >= 0.3 is 0 Å². The Morgan fingerprint density at radius 1 is 1.24 bits per heavy atom. The van der Waals surface area contributed by atoms with Crippen molar-refractivity contribution >= 4 is 29.9 Å². The zero-order valence-corrected chi connectivity index (χ0v) is 20.6. The van der Waals surface area contributed by atoms with E-state index in [0.29, 0.717) is 6.54 Å². The van der Waals surface area contributed by atoms with Crippen molar-refractivity contribution in [2.75, 3.05) is 45.9 Å². The highest BCUT2D eigenvalue weighted by Crippen LogP contribution is 2.29. The van der Waals surface area contributed by atoms with Gasteiger partial charge < -0.3 is 19.9 Å². The molecule has 1 N–H and O–H groups in total. The van der Waals surface area contributed by atoms with Crippen LogP contribution in [0.1, 0.15) is 45.6 Å². The van der Waals surface area contributed by atoms with Crippen molar-refractivity contribution in [2.45, 2.75) is 46.6 Å². The molecule has 1 aliphatic carbocycles. The summed E-state index contributed by atoms with van der Waals surface area (Å²) < 4.78 is 5.81. The van der Waals surface area contributed by atoms with Crippen molar-refractivity contribution < 1.29 is 4.74 Å². The van der Waals surface area contributed by atoms with Crippen LogP contribution in [0.2, 0.25) is 0 Å². The Balaban J connectivity index is 0.00000300. The molecule has 1 saturated heterocycles. The van der Waals surface area contributed by atoms with Gasteiger partial charge in [-0.3, -0.25) is 0 Å². The maximum absolute atomic E-state index is 5.81. The second-order valence-corrected chi connectivity index (χ2v) is 8.01. The minimum Gasteiger partial charge on any atom is -0.477 e. The van der Waals surface area contributed by atoms with Crippen molar-refractivity contribution in [3.63, 3.8) is 0 Å². The molecule has 1 aliphatic heterocycles. The Morgan fingerprint density at radius 3 is 2.72 bits per heavy atom. The van der Waals surface area contributed by atoms with Crippen molar-refractivity contribution in [1.29, 1.82) is 0 Å². The molecule has 3 rings (SSSR count). The van der Waals surface area contributed by atoms with E-state index in [0.717, 1.165) is 68.6 Å². The van der Waals surface area contributed by atoms with Crippen LogP contribution >= 0.6 is 24.0 Å². The number of ether oxygens (including phenoxy) is 1. The summed E-state index contributed by atoms with van der Waals surface area (Å²) in [5, 5.41) is 3.48. The molecule has 0 radical (unpaired) electrons. The molecule has 2 heterocycles. The van der Waals surface area contributed by atoms with Gasteiger partial charge in [0.05, 0.1) is 13.2 Å². The van der Waals surface area contributed by atoms with Crippen molar-refractivity contribution in [3.05, 3.63) is 23.9 Å². The lowest BCUT2D eigenvalue weighted by molar-refractivity contribution is 0.255. The first-order valence-electron chi connectivity index (χ1n) is 11.0. The van der Waals surface area contributed by atoms with Crippen LogP contribution in [0.4, 0.5) is 0 Å². The van der Waals surface area contributed by atoms with Gasteiger partial charge in [0.1, 0.15) is 0 Å². The van der Waals surface area contributed by atoms with Gasteiger partial charge in [0.15, 0.2) is 5.96 Å². The van der Waals surface area contributed by atoms with Gasteiger partial charge in [0.25, 0.3) is 0 Å². The minimum absolute atomic E-state index is 0. The number of aromatic nitrogens is 1. The second-order valence-electron chi connectivity index (χ2n) is 8.01. The quantitative estimate of drug-likeness (QED) is 0.293. The molecular formula is C22H38IN5O. The van der Waals surface area contributed by atoms with E-state index >= 15 is 0 Å². The average molecular weight is 515 g/mol. The Morgan fingerprint density at radius 2 is 2.03 bits per heavy atom. The third-order valence-electron chi connectivity index (χ3n) is 5.71. The number of hydrogen-bond acceptors (Lipinski definition) is 4. The molecule has 1 saturated carbocycles. The van der Waals surface area contributed by atoms with Crippen LogP contribution in [-0.4, -0.2) is 66.6 Å². The van der Waals surface area contributed by atoms with Crippen LogP contribution < -0.4 is 10.1 Å². The summed E-state index contributed by atoms with van der Waals surface area (Å²) in [6.07, 6.45) is 5.66. The normalized spacial score (nSPS) is 19.4. The third kappa shape index (κ3) is 7.92. The fourth-order valence-corrected chi connectivity index (χ4v) is 3.73. The number of rotatable bonds is 10. The first kappa shape index (κ1) is 24.2. The van der Waals surface area contributed by atoms with Gasteiger partial charge in [-0.2, -0.15) is 0 Å². The Hall–Kier alpha value is -1.09. The molecule has 29 heavy (non-hydrogen) atoms. The lowest BCUT2D eigenvalue weighted by Crippen LogP contribution is -2.40. The van der Waals surface area contributed by atoms with Crippen LogP contribution in [0.25, 0.3) is 0 Å². The van der Waals surface area contributed by atoms with Crippen LogP contribution in [0.15, 0.2) is 23.3 Å². The molecule has 2 fully saturated rings. The number of halogens is 1. The van der Waals surface area contributed by atoms with Gasteiger partial charge in [-0.05, 0) is 62.7 Å². The maximum atomic E-state index is 5.81. The van der Waals surface area contributed by atoms with E-state index in [1.807, 2.05) is 18.3 Å². The average Bonchev–Trinajstić information content (AvgIpc) is 3.44. The lowest BCUT2D eigenvalue weighted by Gasteiger charge is -2.24. The molecule has 6 nitrogen and oxygen atoms in total. The molecule has 0 aromatic carbocycles. The Labute approximate surface area is 193 Å². The molecule has 1 unspecified atom stereocenters. The lowest BCUT2D eigenvalue weighted by atomic mass is 10.1. The summed E-state index contributed by atoms with van der Waals surface area (Å²) in [4.78, 5) is 14.2. The minimum atomic E-state index is 0. The van der Waals surface area contributed by atoms with Crippen LogP contribution in [0, 0.1) is 11.8 Å². The van der Waals surface area contributed by atoms with E-state index in [9.17, 15) is 0 Å². The molecule has 0 amide bonds. The Bertz CT molecular complexity index is 633. The standard InChI is InChI=1S/C22H37N5O.HI/c1-4-23-22(27-12-10-20(16-27)15-26(5-2)6-3)25-14-19-9-11-24-21(13-19)28-17-18-7-8-18;/h9,11,13,18,20H,4-8,10,12,14-17H2,1-3H3,(H,23,25);1H. The highest BCUT2D eigenvalue weighted by molar-refractivity contribution is 14.0. The molecule has 0 spiro atoms. The number of nitrogens with zero attached hydrogens (tertiary/aromatic N) is 4.